The molecule has 172 valence electrons. The molecule has 33 heavy (non-hydrogen) atoms. The molecule has 2 amide bonds. The largest absolute Gasteiger partial charge is 0.492 e. The monoisotopic (exact) mass is 508 g/mol. The molecular formula is C27H29BrN2O3. The molecule has 3 aromatic rings. The van der Waals surface area contributed by atoms with E-state index < -0.39 is 0 Å². The summed E-state index contributed by atoms with van der Waals surface area (Å²) in [4.78, 5) is 27.6. The Morgan fingerprint density at radius 1 is 1.00 bits per heavy atom. The number of ether oxygens (including phenoxy) is 1. The van der Waals surface area contributed by atoms with E-state index in [1.54, 1.807) is 43.4 Å². The van der Waals surface area contributed by atoms with Gasteiger partial charge in [0.05, 0.1) is 22.3 Å². The van der Waals surface area contributed by atoms with E-state index in [2.05, 4.69) is 35.1 Å². The number of nitrogens with zero attached hydrogens (tertiary/aromatic N) is 1. The molecule has 0 atom stereocenters. The minimum Gasteiger partial charge on any atom is -0.492 e. The second-order valence-corrected chi connectivity index (χ2v) is 9.08. The Labute approximate surface area is 203 Å². The van der Waals surface area contributed by atoms with Crippen LogP contribution in [0.2, 0.25) is 0 Å². The van der Waals surface area contributed by atoms with Crippen molar-refractivity contribution in [1.29, 1.82) is 0 Å². The summed E-state index contributed by atoms with van der Waals surface area (Å²) in [6, 6.07) is 22.4. The van der Waals surface area contributed by atoms with Crippen LogP contribution >= 0.6 is 15.9 Å². The molecule has 0 spiro atoms. The lowest BCUT2D eigenvalue weighted by atomic mass is 10.1. The highest BCUT2D eigenvalue weighted by atomic mass is 79.9. The molecule has 0 unspecified atom stereocenters. The zero-order valence-electron chi connectivity index (χ0n) is 19.2. The Morgan fingerprint density at radius 2 is 1.70 bits per heavy atom. The summed E-state index contributed by atoms with van der Waals surface area (Å²) in [7, 11) is 1.68. The maximum Gasteiger partial charge on any atom is 0.258 e. The first-order valence-electron chi connectivity index (χ1n) is 11.0. The van der Waals surface area contributed by atoms with E-state index >= 15 is 0 Å². The van der Waals surface area contributed by atoms with Crippen LogP contribution < -0.4 is 15.0 Å². The van der Waals surface area contributed by atoms with Crippen molar-refractivity contribution in [3.05, 3.63) is 94.0 Å². The Hall–Kier alpha value is -3.12. The molecule has 0 radical (unpaired) electrons. The second-order valence-electron chi connectivity index (χ2n) is 8.22. The van der Waals surface area contributed by atoms with E-state index in [9.17, 15) is 9.59 Å². The first-order chi connectivity index (χ1) is 15.9. The number of halogens is 1. The number of anilines is 1. The van der Waals surface area contributed by atoms with Gasteiger partial charge in [-0.3, -0.25) is 9.59 Å². The van der Waals surface area contributed by atoms with Gasteiger partial charge in [0.2, 0.25) is 0 Å². The van der Waals surface area contributed by atoms with E-state index in [0.717, 1.165) is 12.0 Å². The van der Waals surface area contributed by atoms with Crippen LogP contribution in [-0.2, 0) is 6.42 Å². The van der Waals surface area contributed by atoms with Crippen molar-refractivity contribution in [1.82, 2.24) is 5.32 Å². The van der Waals surface area contributed by atoms with Crippen molar-refractivity contribution >= 4 is 33.4 Å². The number of benzene rings is 3. The van der Waals surface area contributed by atoms with Crippen molar-refractivity contribution in [2.45, 2.75) is 20.3 Å². The van der Waals surface area contributed by atoms with Crippen LogP contribution in [-0.4, -0.2) is 32.0 Å². The molecule has 0 heterocycles. The lowest BCUT2D eigenvalue weighted by molar-refractivity contribution is 0.0954. The van der Waals surface area contributed by atoms with Gasteiger partial charge in [0.1, 0.15) is 5.75 Å². The van der Waals surface area contributed by atoms with Crippen LogP contribution in [0.25, 0.3) is 0 Å². The summed E-state index contributed by atoms with van der Waals surface area (Å²) in [5, 5.41) is 2.96. The van der Waals surface area contributed by atoms with Gasteiger partial charge in [-0.2, -0.15) is 0 Å². The minimum absolute atomic E-state index is 0.209. The van der Waals surface area contributed by atoms with E-state index in [4.69, 9.17) is 4.74 Å². The molecule has 0 aromatic heterocycles. The SMILES string of the molecule is CC(C)COc1ccc(C(=O)N(C)c2ccccc2C(=O)NCCc2ccccc2)cc1Br. The fourth-order valence-electron chi connectivity index (χ4n) is 3.33. The minimum atomic E-state index is -0.212. The molecule has 5 nitrogen and oxygen atoms in total. The molecule has 0 aliphatic carbocycles. The smallest absolute Gasteiger partial charge is 0.258 e. The summed E-state index contributed by atoms with van der Waals surface area (Å²) in [6.45, 7) is 5.27. The number of nitrogens with one attached hydrogen (secondary N) is 1. The van der Waals surface area contributed by atoms with Gasteiger partial charge >= 0.3 is 0 Å². The summed E-state index contributed by atoms with van der Waals surface area (Å²) in [5.74, 6) is 0.677. The van der Waals surface area contributed by atoms with Crippen molar-refractivity contribution in [3.8, 4) is 5.75 Å². The lowest BCUT2D eigenvalue weighted by Crippen LogP contribution is -2.31. The van der Waals surface area contributed by atoms with E-state index in [-0.39, 0.29) is 11.8 Å². The Morgan fingerprint density at radius 3 is 2.39 bits per heavy atom. The van der Waals surface area contributed by atoms with Crippen LogP contribution in [0.3, 0.4) is 0 Å². The number of para-hydroxylation sites is 1. The molecule has 0 saturated heterocycles. The summed E-state index contributed by atoms with van der Waals surface area (Å²) in [6.07, 6.45) is 0.739. The number of carbonyl (C=O) groups is 2. The number of carbonyl (C=O) groups excluding carboxylic acids is 2. The van der Waals surface area contributed by atoms with Crippen molar-refractivity contribution in [3.63, 3.8) is 0 Å². The second kappa shape index (κ2) is 11.7. The summed E-state index contributed by atoms with van der Waals surface area (Å²) in [5.41, 5.74) is 2.67. The third kappa shape index (κ3) is 6.68. The Kier molecular flexibility index (Phi) is 8.66. The Bertz CT molecular complexity index is 1100. The summed E-state index contributed by atoms with van der Waals surface area (Å²) < 4.78 is 6.49. The molecule has 0 aliphatic rings. The van der Waals surface area contributed by atoms with Crippen molar-refractivity contribution in [2.24, 2.45) is 5.92 Å². The zero-order chi connectivity index (χ0) is 23.8. The highest BCUT2D eigenvalue weighted by molar-refractivity contribution is 9.10. The van der Waals surface area contributed by atoms with Crippen LogP contribution in [0.4, 0.5) is 5.69 Å². The van der Waals surface area contributed by atoms with E-state index in [1.165, 1.54) is 4.90 Å². The van der Waals surface area contributed by atoms with E-state index in [0.29, 0.717) is 46.1 Å². The maximum absolute atomic E-state index is 13.2. The average molecular weight is 509 g/mol. The standard InChI is InChI=1S/C27H29BrN2O3/c1-19(2)18-33-25-14-13-21(17-23(25)28)27(32)30(3)24-12-8-7-11-22(24)26(31)29-16-15-20-9-5-4-6-10-20/h4-14,17,19H,15-16,18H2,1-3H3,(H,29,31). The topological polar surface area (TPSA) is 58.6 Å². The first kappa shape index (κ1) is 24.5. The highest BCUT2D eigenvalue weighted by Crippen LogP contribution is 2.28. The lowest BCUT2D eigenvalue weighted by Gasteiger charge is -2.21. The van der Waals surface area contributed by atoms with Gasteiger partial charge in [-0.25, -0.2) is 0 Å². The van der Waals surface area contributed by atoms with Gasteiger partial charge in [-0.15, -0.1) is 0 Å². The van der Waals surface area contributed by atoms with Crippen LogP contribution in [0, 0.1) is 5.92 Å². The molecular weight excluding hydrogens is 480 g/mol. The molecule has 0 fully saturated rings. The molecule has 1 N–H and O–H groups in total. The quantitative estimate of drug-likeness (QED) is 0.401. The summed E-state index contributed by atoms with van der Waals surface area (Å²) >= 11 is 3.50. The number of hydrogen-bond acceptors (Lipinski definition) is 3. The normalized spacial score (nSPS) is 10.7. The number of hydrogen-bond donors (Lipinski definition) is 1. The fraction of sp³-hybridized carbons (Fsp3) is 0.259. The van der Waals surface area contributed by atoms with Gasteiger partial charge in [0, 0.05) is 19.2 Å². The van der Waals surface area contributed by atoms with Crippen LogP contribution in [0.1, 0.15) is 40.1 Å². The van der Waals surface area contributed by atoms with Gasteiger partial charge in [0.15, 0.2) is 0 Å². The Balaban J connectivity index is 1.71. The fourth-order valence-corrected chi connectivity index (χ4v) is 3.82. The number of amides is 2. The van der Waals surface area contributed by atoms with Crippen LogP contribution in [0.5, 0.6) is 5.75 Å². The van der Waals surface area contributed by atoms with Gasteiger partial charge in [-0.05, 0) is 64.2 Å². The zero-order valence-corrected chi connectivity index (χ0v) is 20.8. The van der Waals surface area contributed by atoms with Crippen molar-refractivity contribution < 1.29 is 14.3 Å². The predicted molar refractivity (Wildman–Crippen MR) is 136 cm³/mol. The van der Waals surface area contributed by atoms with E-state index in [1.807, 2.05) is 36.4 Å². The molecule has 0 bridgehead atoms. The first-order valence-corrected chi connectivity index (χ1v) is 11.8. The third-order valence-electron chi connectivity index (χ3n) is 5.11. The van der Waals surface area contributed by atoms with Gasteiger partial charge < -0.3 is 15.0 Å². The highest BCUT2D eigenvalue weighted by Gasteiger charge is 2.20. The van der Waals surface area contributed by atoms with Crippen LogP contribution in [0.15, 0.2) is 77.3 Å². The molecule has 0 aliphatic heterocycles. The molecule has 3 rings (SSSR count). The van der Waals surface area contributed by atoms with Gasteiger partial charge in [0.25, 0.3) is 11.8 Å². The van der Waals surface area contributed by atoms with Crippen molar-refractivity contribution in [2.75, 3.05) is 25.1 Å². The maximum atomic E-state index is 13.2. The average Bonchev–Trinajstić information content (AvgIpc) is 2.82. The van der Waals surface area contributed by atoms with Gasteiger partial charge in [-0.1, -0.05) is 56.3 Å². The number of rotatable bonds is 9. The third-order valence-corrected chi connectivity index (χ3v) is 5.73. The predicted octanol–water partition coefficient (Wildman–Crippen LogP) is 5.73. The molecule has 3 aromatic carbocycles. The molecule has 6 heteroatoms. The molecule has 0 saturated carbocycles.